The molecule has 3 aliphatic rings. The third kappa shape index (κ3) is 2.45. The van der Waals surface area contributed by atoms with Gasteiger partial charge >= 0.3 is 5.97 Å². The summed E-state index contributed by atoms with van der Waals surface area (Å²) in [6.45, 7) is 0.200. The van der Waals surface area contributed by atoms with Crippen molar-refractivity contribution in [3.63, 3.8) is 0 Å². The predicted molar refractivity (Wildman–Crippen MR) is 88.9 cm³/mol. The molecule has 25 heavy (non-hydrogen) atoms. The second-order valence-electron chi connectivity index (χ2n) is 6.03. The predicted octanol–water partition coefficient (Wildman–Crippen LogP) is -0.617. The summed E-state index contributed by atoms with van der Waals surface area (Å²) in [6.07, 6.45) is 1.42. The summed E-state index contributed by atoms with van der Waals surface area (Å²) in [5, 5.41) is 17.4. The van der Waals surface area contributed by atoms with Crippen LogP contribution in [-0.4, -0.2) is 69.7 Å². The van der Waals surface area contributed by atoms with Crippen molar-refractivity contribution in [1.29, 1.82) is 0 Å². The van der Waals surface area contributed by atoms with Crippen LogP contribution in [0, 0.1) is 5.92 Å². The number of aliphatic carboxylic acids is 1. The Morgan fingerprint density at radius 3 is 2.72 bits per heavy atom. The monoisotopic (exact) mass is 403 g/mol. The summed E-state index contributed by atoms with van der Waals surface area (Å²) in [6, 6.07) is -1.21. The van der Waals surface area contributed by atoms with Crippen LogP contribution >= 0.6 is 23.1 Å². The van der Waals surface area contributed by atoms with Gasteiger partial charge in [-0.1, -0.05) is 23.1 Å². The Morgan fingerprint density at radius 2 is 2.16 bits per heavy atom. The number of sulfonamides is 1. The van der Waals surface area contributed by atoms with Gasteiger partial charge in [0.25, 0.3) is 0 Å². The largest absolute Gasteiger partial charge is 0.477 e. The first-order valence-corrected chi connectivity index (χ1v) is 10.7. The number of hydrogen-bond acceptors (Lipinski definition) is 9. The van der Waals surface area contributed by atoms with E-state index in [0.717, 1.165) is 29.4 Å². The highest BCUT2D eigenvalue weighted by Crippen LogP contribution is 2.51. The van der Waals surface area contributed by atoms with Crippen LogP contribution in [0.2, 0.25) is 0 Å². The van der Waals surface area contributed by atoms with Gasteiger partial charge in [0.15, 0.2) is 4.34 Å². The summed E-state index contributed by atoms with van der Waals surface area (Å²) in [5.74, 6) is -1.86. The molecule has 0 spiro atoms. The minimum atomic E-state index is -3.54. The molecule has 0 radical (unpaired) electrons. The molecule has 3 aliphatic heterocycles. The third-order valence-corrected chi connectivity index (χ3v) is 7.67. The van der Waals surface area contributed by atoms with Crippen molar-refractivity contribution in [3.8, 4) is 0 Å². The van der Waals surface area contributed by atoms with Gasteiger partial charge in [-0.3, -0.25) is 9.69 Å². The van der Waals surface area contributed by atoms with Crippen molar-refractivity contribution in [1.82, 2.24) is 19.4 Å². The van der Waals surface area contributed by atoms with E-state index >= 15 is 0 Å². The number of rotatable bonds is 4. The Morgan fingerprint density at radius 1 is 1.44 bits per heavy atom. The summed E-state index contributed by atoms with van der Waals surface area (Å²) < 4.78 is 25.5. The van der Waals surface area contributed by atoms with E-state index in [9.17, 15) is 23.1 Å². The molecule has 0 unspecified atom stereocenters. The molecule has 0 saturated carbocycles. The van der Waals surface area contributed by atoms with Crippen molar-refractivity contribution < 1.29 is 23.1 Å². The molecule has 10 nitrogen and oxygen atoms in total. The normalized spacial score (nSPS) is 28.9. The number of carboxylic acid groups (broad SMARTS) is 1. The first-order chi connectivity index (χ1) is 11.7. The average Bonchev–Trinajstić information content (AvgIpc) is 3.07. The summed E-state index contributed by atoms with van der Waals surface area (Å²) in [7, 11) is -3.54. The van der Waals surface area contributed by atoms with Gasteiger partial charge in [-0.25, -0.2) is 13.2 Å². The highest BCUT2D eigenvalue weighted by atomic mass is 32.2. The summed E-state index contributed by atoms with van der Waals surface area (Å²) in [4.78, 5) is 25.9. The van der Waals surface area contributed by atoms with E-state index in [0.29, 0.717) is 15.7 Å². The van der Waals surface area contributed by atoms with Crippen LogP contribution < -0.4 is 5.73 Å². The van der Waals surface area contributed by atoms with Crippen LogP contribution in [0.5, 0.6) is 0 Å². The number of thioether (sulfide) groups is 1. The SMILES string of the molecule is CS(=O)(=O)N1C[C@H]2CC(Sc3nnc(N)s3)=C(C(=O)O)N3C(=O)[C@@H]1[C@@H]23. The zero-order valence-electron chi connectivity index (χ0n) is 12.8. The second-order valence-corrected chi connectivity index (χ2v) is 10.3. The highest BCUT2D eigenvalue weighted by Gasteiger charge is 2.65. The molecular formula is C12H13N5O5S3. The standard InChI is InChI=1S/C12H13N5O5S3/c1-25(21,22)16-3-4-2-5(23-12-15-14-11(13)24-12)7(10(19)20)17-6(4)8(16)9(17)18/h4,6,8H,2-3H2,1H3,(H2,13,14)(H,19,20)/t4-,6-,8+/m1/s1. The van der Waals surface area contributed by atoms with Crippen LogP contribution in [-0.2, 0) is 19.6 Å². The van der Waals surface area contributed by atoms with Crippen LogP contribution in [0.1, 0.15) is 6.42 Å². The van der Waals surface area contributed by atoms with Crippen LogP contribution in [0.25, 0.3) is 0 Å². The van der Waals surface area contributed by atoms with Gasteiger partial charge < -0.3 is 10.8 Å². The Labute approximate surface area is 150 Å². The molecule has 1 aromatic heterocycles. The highest BCUT2D eigenvalue weighted by molar-refractivity contribution is 8.04. The lowest BCUT2D eigenvalue weighted by atomic mass is 9.82. The number of nitrogen functional groups attached to an aromatic ring is 1. The van der Waals surface area contributed by atoms with Gasteiger partial charge in [0.1, 0.15) is 11.7 Å². The van der Waals surface area contributed by atoms with E-state index in [-0.39, 0.29) is 23.3 Å². The molecule has 1 amide bonds. The molecule has 1 aromatic rings. The third-order valence-electron chi connectivity index (χ3n) is 4.53. The van der Waals surface area contributed by atoms with Crippen LogP contribution in [0.15, 0.2) is 14.9 Å². The number of nitrogens with two attached hydrogens (primary N) is 1. The quantitative estimate of drug-likeness (QED) is 0.628. The Bertz CT molecular complexity index is 925. The van der Waals surface area contributed by atoms with E-state index in [4.69, 9.17) is 5.73 Å². The smallest absolute Gasteiger partial charge is 0.353 e. The number of amides is 1. The number of nitrogens with zero attached hydrogens (tertiary/aromatic N) is 4. The molecule has 0 bridgehead atoms. The molecule has 13 heteroatoms. The summed E-state index contributed by atoms with van der Waals surface area (Å²) in [5.41, 5.74) is 5.45. The van der Waals surface area contributed by atoms with Crippen molar-refractivity contribution in [2.45, 2.75) is 22.8 Å². The molecule has 3 atom stereocenters. The number of anilines is 1. The maximum Gasteiger partial charge on any atom is 0.353 e. The number of aromatic nitrogens is 2. The Hall–Kier alpha value is -1.70. The summed E-state index contributed by atoms with van der Waals surface area (Å²) >= 11 is 2.23. The van der Waals surface area contributed by atoms with Gasteiger partial charge in [-0.2, -0.15) is 4.31 Å². The van der Waals surface area contributed by atoms with E-state index in [1.165, 1.54) is 9.21 Å². The first kappa shape index (κ1) is 16.8. The zero-order valence-corrected chi connectivity index (χ0v) is 15.3. The van der Waals surface area contributed by atoms with Gasteiger partial charge in [-0.05, 0) is 6.42 Å². The molecule has 2 fully saturated rings. The van der Waals surface area contributed by atoms with E-state index in [1.807, 2.05) is 0 Å². The van der Waals surface area contributed by atoms with Gasteiger partial charge in [0.2, 0.25) is 21.1 Å². The molecule has 134 valence electrons. The number of β-lactam (4-membered cyclic amide) rings is 1. The zero-order chi connectivity index (χ0) is 18.1. The molecular weight excluding hydrogens is 390 g/mol. The first-order valence-electron chi connectivity index (χ1n) is 7.21. The number of allylic oxidation sites excluding steroid dienone is 1. The number of carbonyl (C=O) groups excluding carboxylic acids is 1. The van der Waals surface area contributed by atoms with Crippen molar-refractivity contribution in [3.05, 3.63) is 10.6 Å². The minimum absolute atomic E-state index is 0.100. The van der Waals surface area contributed by atoms with Crippen molar-refractivity contribution in [2.75, 3.05) is 18.5 Å². The fraction of sp³-hybridized carbons (Fsp3) is 0.500. The van der Waals surface area contributed by atoms with Gasteiger partial charge in [-0.15, -0.1) is 10.2 Å². The number of carboxylic acids is 1. The molecule has 4 heterocycles. The van der Waals surface area contributed by atoms with Crippen LogP contribution in [0.3, 0.4) is 0 Å². The molecule has 3 N–H and O–H groups in total. The lowest BCUT2D eigenvalue weighted by Crippen LogP contribution is -2.69. The fourth-order valence-electron chi connectivity index (χ4n) is 3.64. The van der Waals surface area contributed by atoms with Crippen LogP contribution in [0.4, 0.5) is 5.13 Å². The average molecular weight is 403 g/mol. The van der Waals surface area contributed by atoms with E-state index in [2.05, 4.69) is 10.2 Å². The van der Waals surface area contributed by atoms with E-state index < -0.39 is 34.0 Å². The molecule has 4 rings (SSSR count). The number of carbonyl (C=O) groups is 2. The topological polar surface area (TPSA) is 147 Å². The second kappa shape index (κ2) is 5.40. The van der Waals surface area contributed by atoms with Gasteiger partial charge in [0, 0.05) is 17.4 Å². The number of hydrogen-bond donors (Lipinski definition) is 2. The van der Waals surface area contributed by atoms with E-state index in [1.54, 1.807) is 0 Å². The molecule has 2 saturated heterocycles. The molecule has 0 aliphatic carbocycles. The lowest BCUT2D eigenvalue weighted by molar-refractivity contribution is -0.155. The lowest BCUT2D eigenvalue weighted by Gasteiger charge is -2.49. The maximum atomic E-state index is 12.5. The fourth-order valence-corrected chi connectivity index (χ4v) is 6.67. The van der Waals surface area contributed by atoms with Crippen molar-refractivity contribution >= 4 is 50.1 Å². The molecule has 0 aromatic carbocycles. The Kier molecular flexibility index (Phi) is 3.62. The maximum absolute atomic E-state index is 12.5. The van der Waals surface area contributed by atoms with Gasteiger partial charge in [0.05, 0.1) is 12.3 Å². The minimum Gasteiger partial charge on any atom is -0.477 e. The van der Waals surface area contributed by atoms with Crippen molar-refractivity contribution in [2.24, 2.45) is 5.92 Å². The Balaban J connectivity index is 1.72.